The van der Waals surface area contributed by atoms with E-state index in [-0.39, 0.29) is 24.2 Å². The number of carboxylic acid groups (broad SMARTS) is 1. The number of hydrogen-bond donors (Lipinski definition) is 2. The zero-order valence-corrected chi connectivity index (χ0v) is 18.9. The highest BCUT2D eigenvalue weighted by Gasteiger charge is 2.24. The van der Waals surface area contributed by atoms with E-state index < -0.39 is 12.0 Å². The largest absolute Gasteiger partial charge is 0.480 e. The van der Waals surface area contributed by atoms with Crippen molar-refractivity contribution >= 4 is 17.8 Å². The molecule has 0 spiro atoms. The van der Waals surface area contributed by atoms with E-state index in [0.717, 1.165) is 24.8 Å². The van der Waals surface area contributed by atoms with Crippen LogP contribution in [0.1, 0.15) is 65.4 Å². The third kappa shape index (κ3) is 9.42. The second kappa shape index (κ2) is 13.8. The number of amides is 2. The number of carboxylic acids is 1. The molecule has 1 aromatic rings. The van der Waals surface area contributed by atoms with Crippen LogP contribution in [-0.4, -0.2) is 46.9 Å². The Bertz CT molecular complexity index is 662. The van der Waals surface area contributed by atoms with Gasteiger partial charge in [-0.1, -0.05) is 63.9 Å². The fourth-order valence-corrected chi connectivity index (χ4v) is 3.27. The second-order valence-electron chi connectivity index (χ2n) is 8.16. The molecule has 30 heavy (non-hydrogen) atoms. The van der Waals surface area contributed by atoms with Crippen LogP contribution in [0.15, 0.2) is 30.3 Å². The van der Waals surface area contributed by atoms with Gasteiger partial charge in [0.1, 0.15) is 6.04 Å². The molecule has 6 nitrogen and oxygen atoms in total. The maximum absolute atomic E-state index is 12.5. The summed E-state index contributed by atoms with van der Waals surface area (Å²) in [5.74, 6) is -0.954. The predicted octanol–water partition coefficient (Wildman–Crippen LogP) is 3.89. The van der Waals surface area contributed by atoms with E-state index in [0.29, 0.717) is 31.8 Å². The Morgan fingerprint density at radius 2 is 1.73 bits per heavy atom. The molecule has 0 saturated carbocycles. The molecular formula is C24H38N2O4. The van der Waals surface area contributed by atoms with Gasteiger partial charge in [0.15, 0.2) is 0 Å². The molecule has 2 N–H and O–H groups in total. The van der Waals surface area contributed by atoms with Gasteiger partial charge in [-0.15, -0.1) is 0 Å². The molecular weight excluding hydrogens is 380 g/mol. The number of carbonyl (C=O) groups is 3. The summed E-state index contributed by atoms with van der Waals surface area (Å²) in [6.45, 7) is 9.19. The topological polar surface area (TPSA) is 86.7 Å². The van der Waals surface area contributed by atoms with Crippen LogP contribution >= 0.6 is 0 Å². The number of rotatable bonds is 14. The van der Waals surface area contributed by atoms with Crippen LogP contribution in [0, 0.1) is 11.8 Å². The van der Waals surface area contributed by atoms with Crippen molar-refractivity contribution in [3.63, 3.8) is 0 Å². The van der Waals surface area contributed by atoms with Crippen LogP contribution in [0.25, 0.3) is 0 Å². The molecule has 0 fully saturated rings. The standard InChI is InChI=1S/C24H38N2O4/c1-5-18(3)11-10-14-22(27)26(6-2)16-15-19(4)23(28)25-21(24(29)30)17-20-12-8-7-9-13-20/h7-9,12-13,18-19,21H,5-6,10-11,14-17H2,1-4H3,(H,25,28)(H,29,30)/t18-,19+,21-/m0/s1. The predicted molar refractivity (Wildman–Crippen MR) is 119 cm³/mol. The lowest BCUT2D eigenvalue weighted by molar-refractivity contribution is -0.142. The van der Waals surface area contributed by atoms with Crippen molar-refractivity contribution in [1.82, 2.24) is 10.2 Å². The first-order chi connectivity index (χ1) is 14.3. The molecule has 0 aliphatic carbocycles. The molecule has 0 heterocycles. The Morgan fingerprint density at radius 1 is 1.07 bits per heavy atom. The Labute approximate surface area is 181 Å². The minimum atomic E-state index is -1.05. The SMILES string of the molecule is CC[C@H](C)CCCC(=O)N(CC)CC[C@@H](C)C(=O)N[C@@H](Cc1ccccc1)C(=O)O. The molecule has 0 saturated heterocycles. The van der Waals surface area contributed by atoms with Crippen LogP contribution in [0.4, 0.5) is 0 Å². The lowest BCUT2D eigenvalue weighted by Crippen LogP contribution is -2.45. The van der Waals surface area contributed by atoms with Gasteiger partial charge in [0.05, 0.1) is 0 Å². The molecule has 168 valence electrons. The monoisotopic (exact) mass is 418 g/mol. The summed E-state index contributed by atoms with van der Waals surface area (Å²) >= 11 is 0. The summed E-state index contributed by atoms with van der Waals surface area (Å²) in [6.07, 6.45) is 4.35. The number of nitrogens with zero attached hydrogens (tertiary/aromatic N) is 1. The summed E-state index contributed by atoms with van der Waals surface area (Å²) in [7, 11) is 0. The van der Waals surface area contributed by atoms with Gasteiger partial charge in [0.2, 0.25) is 11.8 Å². The van der Waals surface area contributed by atoms with E-state index in [2.05, 4.69) is 19.2 Å². The number of hydrogen-bond acceptors (Lipinski definition) is 3. The van der Waals surface area contributed by atoms with Crippen LogP contribution in [0.2, 0.25) is 0 Å². The minimum Gasteiger partial charge on any atom is -0.480 e. The summed E-state index contributed by atoms with van der Waals surface area (Å²) < 4.78 is 0. The maximum atomic E-state index is 12.5. The lowest BCUT2D eigenvalue weighted by Gasteiger charge is -2.24. The molecule has 6 heteroatoms. The number of carbonyl (C=O) groups excluding carboxylic acids is 2. The zero-order chi connectivity index (χ0) is 22.5. The van der Waals surface area contributed by atoms with Crippen molar-refractivity contribution in [2.75, 3.05) is 13.1 Å². The van der Waals surface area contributed by atoms with Gasteiger partial charge < -0.3 is 15.3 Å². The van der Waals surface area contributed by atoms with Crippen molar-refractivity contribution in [1.29, 1.82) is 0 Å². The Kier molecular flexibility index (Phi) is 11.8. The average molecular weight is 419 g/mol. The fourth-order valence-electron chi connectivity index (χ4n) is 3.27. The first-order valence-electron chi connectivity index (χ1n) is 11.1. The number of benzene rings is 1. The van der Waals surface area contributed by atoms with E-state index in [4.69, 9.17) is 0 Å². The molecule has 0 radical (unpaired) electrons. The third-order valence-corrected chi connectivity index (χ3v) is 5.70. The van der Waals surface area contributed by atoms with Gasteiger partial charge in [0.25, 0.3) is 0 Å². The quantitative estimate of drug-likeness (QED) is 0.480. The zero-order valence-electron chi connectivity index (χ0n) is 18.9. The second-order valence-corrected chi connectivity index (χ2v) is 8.16. The van der Waals surface area contributed by atoms with Crippen LogP contribution in [-0.2, 0) is 20.8 Å². The molecule has 0 bridgehead atoms. The Morgan fingerprint density at radius 3 is 2.30 bits per heavy atom. The van der Waals surface area contributed by atoms with Crippen LogP contribution in [0.5, 0.6) is 0 Å². The highest BCUT2D eigenvalue weighted by Crippen LogP contribution is 2.13. The summed E-state index contributed by atoms with van der Waals surface area (Å²) in [5, 5.41) is 12.1. The first-order valence-corrected chi connectivity index (χ1v) is 11.1. The normalized spacial score (nSPS) is 13.9. The van der Waals surface area contributed by atoms with Crippen molar-refractivity contribution in [2.45, 2.75) is 72.3 Å². The van der Waals surface area contributed by atoms with E-state index in [1.54, 1.807) is 11.8 Å². The molecule has 0 unspecified atom stereocenters. The molecule has 0 aromatic heterocycles. The van der Waals surface area contributed by atoms with Gasteiger partial charge in [-0.25, -0.2) is 4.79 Å². The van der Waals surface area contributed by atoms with Gasteiger partial charge in [-0.2, -0.15) is 0 Å². The van der Waals surface area contributed by atoms with E-state index >= 15 is 0 Å². The third-order valence-electron chi connectivity index (χ3n) is 5.70. The van der Waals surface area contributed by atoms with Crippen LogP contribution < -0.4 is 5.32 Å². The Balaban J connectivity index is 2.50. The van der Waals surface area contributed by atoms with Crippen molar-refractivity contribution in [3.8, 4) is 0 Å². The van der Waals surface area contributed by atoms with Gasteiger partial charge in [0, 0.05) is 31.8 Å². The maximum Gasteiger partial charge on any atom is 0.326 e. The van der Waals surface area contributed by atoms with E-state index in [1.807, 2.05) is 37.3 Å². The Hall–Kier alpha value is -2.37. The number of nitrogens with one attached hydrogen (secondary N) is 1. The molecule has 2 amide bonds. The fraction of sp³-hybridized carbons (Fsp3) is 0.625. The average Bonchev–Trinajstić information content (AvgIpc) is 2.73. The van der Waals surface area contributed by atoms with Gasteiger partial charge in [-0.3, -0.25) is 9.59 Å². The van der Waals surface area contributed by atoms with Gasteiger partial charge in [-0.05, 0) is 31.2 Å². The summed E-state index contributed by atoms with van der Waals surface area (Å²) in [4.78, 5) is 38.3. The van der Waals surface area contributed by atoms with Crippen LogP contribution in [0.3, 0.4) is 0 Å². The first kappa shape index (κ1) is 25.7. The molecule has 0 aliphatic rings. The molecule has 0 aliphatic heterocycles. The van der Waals surface area contributed by atoms with Crippen molar-refractivity contribution in [2.24, 2.45) is 11.8 Å². The van der Waals surface area contributed by atoms with Crippen molar-refractivity contribution < 1.29 is 19.5 Å². The van der Waals surface area contributed by atoms with E-state index in [1.165, 1.54) is 0 Å². The molecule has 1 rings (SSSR count). The number of aliphatic carboxylic acids is 1. The summed E-state index contributed by atoms with van der Waals surface area (Å²) in [6, 6.07) is 8.28. The molecule has 1 aromatic carbocycles. The van der Waals surface area contributed by atoms with E-state index in [9.17, 15) is 19.5 Å². The van der Waals surface area contributed by atoms with Gasteiger partial charge >= 0.3 is 5.97 Å². The lowest BCUT2D eigenvalue weighted by atomic mass is 10.0. The highest BCUT2D eigenvalue weighted by molar-refractivity contribution is 5.85. The van der Waals surface area contributed by atoms with Crippen molar-refractivity contribution in [3.05, 3.63) is 35.9 Å². The molecule has 3 atom stereocenters. The minimum absolute atomic E-state index is 0.126. The highest BCUT2D eigenvalue weighted by atomic mass is 16.4. The summed E-state index contributed by atoms with van der Waals surface area (Å²) in [5.41, 5.74) is 0.859. The smallest absolute Gasteiger partial charge is 0.326 e.